The Morgan fingerprint density at radius 3 is 2.60 bits per heavy atom. The molecule has 1 N–H and O–H groups in total. The predicted molar refractivity (Wildman–Crippen MR) is 71.3 cm³/mol. The fourth-order valence-electron chi connectivity index (χ4n) is 2.09. The Bertz CT molecular complexity index is 640. The van der Waals surface area contributed by atoms with Crippen LogP contribution in [-0.4, -0.2) is 23.5 Å². The molecule has 0 aromatic heterocycles. The summed E-state index contributed by atoms with van der Waals surface area (Å²) in [5.41, 5.74) is -0.443. The van der Waals surface area contributed by atoms with Crippen LogP contribution < -0.4 is 4.90 Å². The number of amides is 2. The van der Waals surface area contributed by atoms with Gasteiger partial charge in [-0.2, -0.15) is 0 Å². The molecule has 20 heavy (non-hydrogen) atoms. The first-order valence-electron chi connectivity index (χ1n) is 6.13. The summed E-state index contributed by atoms with van der Waals surface area (Å²) in [6.07, 6.45) is 0.111. The number of imide groups is 1. The van der Waals surface area contributed by atoms with Crippen LogP contribution in [0, 0.1) is 23.1 Å². The molecule has 1 fully saturated rings. The zero-order chi connectivity index (χ0) is 14.9. The summed E-state index contributed by atoms with van der Waals surface area (Å²) in [6.45, 7) is 3.01. The van der Waals surface area contributed by atoms with Gasteiger partial charge in [-0.3, -0.25) is 9.59 Å². The van der Waals surface area contributed by atoms with Crippen LogP contribution in [0.25, 0.3) is 0 Å². The van der Waals surface area contributed by atoms with Gasteiger partial charge < -0.3 is 5.11 Å². The van der Waals surface area contributed by atoms with E-state index in [9.17, 15) is 14.0 Å². The summed E-state index contributed by atoms with van der Waals surface area (Å²) in [6, 6.07) is 3.97. The van der Waals surface area contributed by atoms with E-state index in [2.05, 4.69) is 11.8 Å². The molecule has 1 heterocycles. The van der Waals surface area contributed by atoms with E-state index in [-0.39, 0.29) is 36.1 Å². The Labute approximate surface area is 116 Å². The molecule has 0 atom stereocenters. The fraction of sp³-hybridized carbons (Fsp3) is 0.333. The standard InChI is InChI=1S/C15H14FNO3/c1-15(2)9-13(19)17(14(15)20)11-6-5-10(4-3-7-18)12(16)8-11/h5-6,8,18H,7,9H2,1-2H3. The first kappa shape index (κ1) is 14.2. The number of carbonyl (C=O) groups is 2. The van der Waals surface area contributed by atoms with Crippen molar-refractivity contribution in [3.8, 4) is 11.8 Å². The van der Waals surface area contributed by atoms with Crippen molar-refractivity contribution in [2.75, 3.05) is 11.5 Å². The van der Waals surface area contributed by atoms with Crippen molar-refractivity contribution in [2.24, 2.45) is 5.41 Å². The van der Waals surface area contributed by atoms with Gasteiger partial charge in [-0.05, 0) is 18.2 Å². The average Bonchev–Trinajstić information content (AvgIpc) is 2.57. The number of nitrogens with zero attached hydrogens (tertiary/aromatic N) is 1. The van der Waals surface area contributed by atoms with Gasteiger partial charge in [-0.15, -0.1) is 0 Å². The number of carbonyl (C=O) groups excluding carboxylic acids is 2. The highest BCUT2D eigenvalue weighted by atomic mass is 19.1. The van der Waals surface area contributed by atoms with E-state index in [1.807, 2.05) is 0 Å². The van der Waals surface area contributed by atoms with Gasteiger partial charge in [0.05, 0.1) is 16.7 Å². The van der Waals surface area contributed by atoms with Gasteiger partial charge in [0.25, 0.3) is 0 Å². The van der Waals surface area contributed by atoms with Crippen molar-refractivity contribution in [1.29, 1.82) is 0 Å². The SMILES string of the molecule is CC1(C)CC(=O)N(c2ccc(C#CCO)c(F)c2)C1=O. The average molecular weight is 275 g/mol. The van der Waals surface area contributed by atoms with Crippen LogP contribution in [0.1, 0.15) is 25.8 Å². The van der Waals surface area contributed by atoms with E-state index >= 15 is 0 Å². The Balaban J connectivity index is 2.38. The van der Waals surface area contributed by atoms with E-state index in [0.29, 0.717) is 0 Å². The second kappa shape index (κ2) is 5.06. The molecular formula is C15H14FNO3. The second-order valence-corrected chi connectivity index (χ2v) is 5.22. The molecular weight excluding hydrogens is 261 g/mol. The fourth-order valence-corrected chi connectivity index (χ4v) is 2.09. The van der Waals surface area contributed by atoms with Crippen LogP contribution in [0.15, 0.2) is 18.2 Å². The van der Waals surface area contributed by atoms with E-state index < -0.39 is 11.2 Å². The van der Waals surface area contributed by atoms with Gasteiger partial charge in [0.1, 0.15) is 12.4 Å². The largest absolute Gasteiger partial charge is 0.384 e. The number of rotatable bonds is 1. The monoisotopic (exact) mass is 275 g/mol. The normalized spacial score (nSPS) is 17.1. The van der Waals surface area contributed by atoms with Crippen LogP contribution in [0.4, 0.5) is 10.1 Å². The number of anilines is 1. The first-order chi connectivity index (χ1) is 9.36. The van der Waals surface area contributed by atoms with E-state index in [1.165, 1.54) is 12.1 Å². The summed E-state index contributed by atoms with van der Waals surface area (Å²) in [5.74, 6) is 3.49. The molecule has 1 aromatic rings. The lowest BCUT2D eigenvalue weighted by Crippen LogP contribution is -2.33. The summed E-state index contributed by atoms with van der Waals surface area (Å²) >= 11 is 0. The summed E-state index contributed by atoms with van der Waals surface area (Å²) in [5, 5.41) is 8.58. The number of benzene rings is 1. The highest BCUT2D eigenvalue weighted by Gasteiger charge is 2.45. The molecule has 0 bridgehead atoms. The molecule has 1 aliphatic heterocycles. The third-order valence-electron chi connectivity index (χ3n) is 3.14. The van der Waals surface area contributed by atoms with E-state index in [1.54, 1.807) is 13.8 Å². The number of aliphatic hydroxyl groups is 1. The number of aliphatic hydroxyl groups excluding tert-OH is 1. The van der Waals surface area contributed by atoms with Crippen molar-refractivity contribution in [1.82, 2.24) is 0 Å². The predicted octanol–water partition coefficient (Wildman–Crippen LogP) is 1.46. The molecule has 4 nitrogen and oxygen atoms in total. The van der Waals surface area contributed by atoms with Crippen LogP contribution in [0.3, 0.4) is 0 Å². The molecule has 104 valence electrons. The third kappa shape index (κ3) is 2.43. The molecule has 2 rings (SSSR count). The maximum atomic E-state index is 13.8. The summed E-state index contributed by atoms with van der Waals surface area (Å²) in [4.78, 5) is 25.0. The lowest BCUT2D eigenvalue weighted by atomic mass is 9.92. The third-order valence-corrected chi connectivity index (χ3v) is 3.14. The Morgan fingerprint density at radius 2 is 2.10 bits per heavy atom. The van der Waals surface area contributed by atoms with Crippen LogP contribution in [0.2, 0.25) is 0 Å². The topological polar surface area (TPSA) is 57.6 Å². The number of hydrogen-bond acceptors (Lipinski definition) is 3. The van der Waals surface area contributed by atoms with Crippen LogP contribution in [-0.2, 0) is 9.59 Å². The molecule has 0 spiro atoms. The van der Waals surface area contributed by atoms with Crippen molar-refractivity contribution in [2.45, 2.75) is 20.3 Å². The minimum atomic E-state index is -0.761. The van der Waals surface area contributed by atoms with E-state index in [4.69, 9.17) is 5.11 Å². The first-order valence-corrected chi connectivity index (χ1v) is 6.13. The summed E-state index contributed by atoms with van der Waals surface area (Å²) < 4.78 is 13.8. The van der Waals surface area contributed by atoms with Gasteiger partial charge in [-0.25, -0.2) is 9.29 Å². The molecule has 0 saturated carbocycles. The Kier molecular flexibility index (Phi) is 3.60. The zero-order valence-corrected chi connectivity index (χ0v) is 11.2. The summed E-state index contributed by atoms with van der Waals surface area (Å²) in [7, 11) is 0. The highest BCUT2D eigenvalue weighted by molar-refractivity contribution is 6.22. The lowest BCUT2D eigenvalue weighted by molar-refractivity contribution is -0.124. The maximum Gasteiger partial charge on any atom is 0.239 e. The van der Waals surface area contributed by atoms with E-state index in [0.717, 1.165) is 11.0 Å². The smallest absolute Gasteiger partial charge is 0.239 e. The van der Waals surface area contributed by atoms with Gasteiger partial charge in [0.2, 0.25) is 11.8 Å². The second-order valence-electron chi connectivity index (χ2n) is 5.22. The van der Waals surface area contributed by atoms with Crippen molar-refractivity contribution >= 4 is 17.5 Å². The van der Waals surface area contributed by atoms with Gasteiger partial charge in [0, 0.05) is 6.42 Å². The molecule has 1 aliphatic rings. The van der Waals surface area contributed by atoms with Crippen molar-refractivity contribution in [3.63, 3.8) is 0 Å². The molecule has 1 saturated heterocycles. The van der Waals surface area contributed by atoms with Crippen LogP contribution in [0.5, 0.6) is 0 Å². The van der Waals surface area contributed by atoms with Crippen molar-refractivity contribution < 1.29 is 19.1 Å². The van der Waals surface area contributed by atoms with Gasteiger partial charge >= 0.3 is 0 Å². The molecule has 0 unspecified atom stereocenters. The Morgan fingerprint density at radius 1 is 1.40 bits per heavy atom. The molecule has 5 heteroatoms. The highest BCUT2D eigenvalue weighted by Crippen LogP contribution is 2.35. The van der Waals surface area contributed by atoms with Gasteiger partial charge in [0.15, 0.2) is 0 Å². The minimum absolute atomic E-state index is 0.111. The quantitative estimate of drug-likeness (QED) is 0.623. The number of halogens is 1. The van der Waals surface area contributed by atoms with Gasteiger partial charge in [-0.1, -0.05) is 25.7 Å². The molecule has 0 aliphatic carbocycles. The van der Waals surface area contributed by atoms with Crippen molar-refractivity contribution in [3.05, 3.63) is 29.6 Å². The minimum Gasteiger partial charge on any atom is -0.384 e. The molecule has 0 radical (unpaired) electrons. The number of hydrogen-bond donors (Lipinski definition) is 1. The zero-order valence-electron chi connectivity index (χ0n) is 11.2. The molecule has 1 aromatic carbocycles. The lowest BCUT2D eigenvalue weighted by Gasteiger charge is -2.18. The van der Waals surface area contributed by atoms with Crippen LogP contribution >= 0.6 is 0 Å². The Hall–Kier alpha value is -2.19. The maximum absolute atomic E-state index is 13.8. The molecule has 2 amide bonds.